The standard InChI is InChI=1S/C18H18FN5O/c19-14-6-2-1-4-12(14)10-15(25)24-9-3-5-13(11-24)16-17-18(23-22-16)21-8-7-20-17/h1-2,4,6-8,13H,3,5,9-11H2,(H,21,22,23)/t13-/m1/s1. The van der Waals surface area contributed by atoms with Crippen molar-refractivity contribution in [1.82, 2.24) is 25.1 Å². The Balaban J connectivity index is 1.51. The number of amides is 1. The zero-order valence-electron chi connectivity index (χ0n) is 13.7. The number of rotatable bonds is 3. The number of hydrogen-bond acceptors (Lipinski definition) is 4. The Morgan fingerprint density at radius 3 is 3.00 bits per heavy atom. The van der Waals surface area contributed by atoms with Crippen LogP contribution in [0.1, 0.15) is 30.0 Å². The maximum absolute atomic E-state index is 13.8. The van der Waals surface area contributed by atoms with Gasteiger partial charge in [-0.25, -0.2) is 14.4 Å². The highest BCUT2D eigenvalue weighted by molar-refractivity contribution is 5.79. The number of likely N-dealkylation sites (tertiary alicyclic amines) is 1. The van der Waals surface area contributed by atoms with Crippen molar-refractivity contribution in [2.24, 2.45) is 0 Å². The highest BCUT2D eigenvalue weighted by Crippen LogP contribution is 2.29. The van der Waals surface area contributed by atoms with Crippen LogP contribution in [0.3, 0.4) is 0 Å². The monoisotopic (exact) mass is 339 g/mol. The number of carbonyl (C=O) groups is 1. The third-order valence-corrected chi connectivity index (χ3v) is 4.70. The smallest absolute Gasteiger partial charge is 0.227 e. The predicted molar refractivity (Wildman–Crippen MR) is 90.3 cm³/mol. The van der Waals surface area contributed by atoms with Crippen molar-refractivity contribution in [3.63, 3.8) is 0 Å². The van der Waals surface area contributed by atoms with E-state index in [1.807, 2.05) is 4.90 Å². The summed E-state index contributed by atoms with van der Waals surface area (Å²) in [5.74, 6) is -0.246. The van der Waals surface area contributed by atoms with Gasteiger partial charge in [-0.2, -0.15) is 5.10 Å². The van der Waals surface area contributed by atoms with Crippen molar-refractivity contribution in [2.45, 2.75) is 25.2 Å². The largest absolute Gasteiger partial charge is 0.342 e. The minimum atomic E-state index is -0.334. The lowest BCUT2D eigenvalue weighted by molar-refractivity contribution is -0.131. The van der Waals surface area contributed by atoms with Crippen LogP contribution >= 0.6 is 0 Å². The second kappa shape index (κ2) is 6.58. The molecule has 7 heteroatoms. The van der Waals surface area contributed by atoms with Gasteiger partial charge in [0.2, 0.25) is 5.91 Å². The van der Waals surface area contributed by atoms with Crippen LogP contribution in [0.2, 0.25) is 0 Å². The molecule has 1 atom stereocenters. The second-order valence-electron chi connectivity index (χ2n) is 6.31. The van der Waals surface area contributed by atoms with Gasteiger partial charge in [0.25, 0.3) is 0 Å². The lowest BCUT2D eigenvalue weighted by atomic mass is 9.94. The predicted octanol–water partition coefficient (Wildman–Crippen LogP) is 2.44. The number of halogens is 1. The number of hydrogen-bond donors (Lipinski definition) is 1. The fraction of sp³-hybridized carbons (Fsp3) is 0.333. The number of aromatic nitrogens is 4. The second-order valence-corrected chi connectivity index (χ2v) is 6.31. The Hall–Kier alpha value is -2.83. The molecule has 0 bridgehead atoms. The van der Waals surface area contributed by atoms with E-state index < -0.39 is 0 Å². The number of carbonyl (C=O) groups excluding carboxylic acids is 1. The molecule has 1 saturated heterocycles. The Kier molecular flexibility index (Phi) is 4.13. The molecule has 3 heterocycles. The molecule has 1 aliphatic heterocycles. The number of H-pyrrole nitrogens is 1. The molecule has 0 saturated carbocycles. The van der Waals surface area contributed by atoms with Crippen LogP contribution in [0.4, 0.5) is 4.39 Å². The van der Waals surface area contributed by atoms with Crippen molar-refractivity contribution < 1.29 is 9.18 Å². The summed E-state index contributed by atoms with van der Waals surface area (Å²) in [5.41, 5.74) is 2.71. The minimum Gasteiger partial charge on any atom is -0.342 e. The Morgan fingerprint density at radius 1 is 1.28 bits per heavy atom. The molecule has 0 radical (unpaired) electrons. The number of aromatic amines is 1. The van der Waals surface area contributed by atoms with E-state index in [1.165, 1.54) is 6.07 Å². The van der Waals surface area contributed by atoms with E-state index in [1.54, 1.807) is 30.6 Å². The Morgan fingerprint density at radius 2 is 2.12 bits per heavy atom. The number of piperidine rings is 1. The first-order valence-corrected chi connectivity index (χ1v) is 8.38. The van der Waals surface area contributed by atoms with Gasteiger partial charge in [-0.1, -0.05) is 18.2 Å². The number of benzene rings is 1. The molecule has 0 unspecified atom stereocenters. The summed E-state index contributed by atoms with van der Waals surface area (Å²) >= 11 is 0. The molecule has 3 aromatic rings. The Bertz CT molecular complexity index is 909. The van der Waals surface area contributed by atoms with Crippen LogP contribution < -0.4 is 0 Å². The summed E-state index contributed by atoms with van der Waals surface area (Å²) in [5, 5.41) is 7.22. The first kappa shape index (κ1) is 15.7. The molecule has 1 fully saturated rings. The highest BCUT2D eigenvalue weighted by atomic mass is 19.1. The highest BCUT2D eigenvalue weighted by Gasteiger charge is 2.28. The van der Waals surface area contributed by atoms with E-state index in [4.69, 9.17) is 0 Å². The zero-order valence-corrected chi connectivity index (χ0v) is 13.7. The van der Waals surface area contributed by atoms with Gasteiger partial charge < -0.3 is 4.90 Å². The van der Waals surface area contributed by atoms with Crippen LogP contribution in [-0.4, -0.2) is 44.1 Å². The SMILES string of the molecule is O=C(Cc1ccccc1F)N1CCC[C@@H](c2[nH]nc3nccnc23)C1. The third kappa shape index (κ3) is 3.09. The number of nitrogens with zero attached hydrogens (tertiary/aromatic N) is 4. The Labute approximate surface area is 144 Å². The minimum absolute atomic E-state index is 0.0512. The molecule has 0 spiro atoms. The average molecular weight is 339 g/mol. The topological polar surface area (TPSA) is 74.8 Å². The molecular formula is C18H18FN5O. The van der Waals surface area contributed by atoms with Gasteiger partial charge in [0.1, 0.15) is 11.3 Å². The van der Waals surface area contributed by atoms with Crippen LogP contribution in [0.15, 0.2) is 36.7 Å². The average Bonchev–Trinajstić information content (AvgIpc) is 3.08. The molecule has 2 aromatic heterocycles. The van der Waals surface area contributed by atoms with E-state index in [9.17, 15) is 9.18 Å². The lowest BCUT2D eigenvalue weighted by Gasteiger charge is -2.32. The first-order chi connectivity index (χ1) is 12.2. The summed E-state index contributed by atoms with van der Waals surface area (Å²) in [7, 11) is 0. The quantitative estimate of drug-likeness (QED) is 0.795. The summed E-state index contributed by atoms with van der Waals surface area (Å²) < 4.78 is 13.8. The van der Waals surface area contributed by atoms with Crippen LogP contribution in [0.5, 0.6) is 0 Å². The van der Waals surface area contributed by atoms with E-state index in [-0.39, 0.29) is 24.1 Å². The van der Waals surface area contributed by atoms with Gasteiger partial charge in [-0.05, 0) is 24.5 Å². The maximum atomic E-state index is 13.8. The molecule has 1 aromatic carbocycles. The summed E-state index contributed by atoms with van der Waals surface area (Å²) in [6, 6.07) is 6.43. The number of fused-ring (bicyclic) bond motifs is 1. The molecule has 1 aliphatic rings. The van der Waals surface area contributed by atoms with Gasteiger partial charge in [0, 0.05) is 31.4 Å². The lowest BCUT2D eigenvalue weighted by Crippen LogP contribution is -2.40. The van der Waals surface area contributed by atoms with Gasteiger partial charge in [0.05, 0.1) is 12.1 Å². The molecular weight excluding hydrogens is 321 g/mol. The van der Waals surface area contributed by atoms with Gasteiger partial charge >= 0.3 is 0 Å². The van der Waals surface area contributed by atoms with Crippen molar-refractivity contribution in [3.05, 3.63) is 53.7 Å². The molecule has 25 heavy (non-hydrogen) atoms. The van der Waals surface area contributed by atoms with Crippen molar-refractivity contribution in [2.75, 3.05) is 13.1 Å². The van der Waals surface area contributed by atoms with Gasteiger partial charge in [-0.15, -0.1) is 0 Å². The van der Waals surface area contributed by atoms with E-state index in [2.05, 4.69) is 20.2 Å². The fourth-order valence-corrected chi connectivity index (χ4v) is 3.41. The van der Waals surface area contributed by atoms with E-state index >= 15 is 0 Å². The summed E-state index contributed by atoms with van der Waals surface area (Å²) in [4.78, 5) is 23.0. The van der Waals surface area contributed by atoms with Crippen molar-refractivity contribution >= 4 is 17.1 Å². The third-order valence-electron chi connectivity index (χ3n) is 4.70. The molecule has 128 valence electrons. The van der Waals surface area contributed by atoms with E-state index in [0.29, 0.717) is 24.3 Å². The molecule has 0 aliphatic carbocycles. The van der Waals surface area contributed by atoms with E-state index in [0.717, 1.165) is 24.1 Å². The normalized spacial score (nSPS) is 17.8. The molecule has 1 amide bonds. The van der Waals surface area contributed by atoms with Crippen LogP contribution in [0.25, 0.3) is 11.2 Å². The van der Waals surface area contributed by atoms with Crippen LogP contribution in [0, 0.1) is 5.82 Å². The molecule has 4 rings (SSSR count). The summed E-state index contributed by atoms with van der Waals surface area (Å²) in [6.07, 6.45) is 5.19. The van der Waals surface area contributed by atoms with Gasteiger partial charge in [-0.3, -0.25) is 9.89 Å². The van der Waals surface area contributed by atoms with Gasteiger partial charge in [0.15, 0.2) is 5.65 Å². The maximum Gasteiger partial charge on any atom is 0.227 e. The van der Waals surface area contributed by atoms with Crippen molar-refractivity contribution in [1.29, 1.82) is 0 Å². The molecule has 6 nitrogen and oxygen atoms in total. The van der Waals surface area contributed by atoms with Crippen molar-refractivity contribution in [3.8, 4) is 0 Å². The number of nitrogens with one attached hydrogen (secondary N) is 1. The molecule has 1 N–H and O–H groups in total. The van der Waals surface area contributed by atoms with Crippen LogP contribution in [-0.2, 0) is 11.2 Å². The first-order valence-electron chi connectivity index (χ1n) is 8.38. The zero-order chi connectivity index (χ0) is 17.2. The fourth-order valence-electron chi connectivity index (χ4n) is 3.41. The summed E-state index contributed by atoms with van der Waals surface area (Å²) in [6.45, 7) is 1.28.